The number of nitrogens with zero attached hydrogens (tertiary/aromatic N) is 2. The highest BCUT2D eigenvalue weighted by Gasteiger charge is 2.28. The Bertz CT molecular complexity index is 1590. The third kappa shape index (κ3) is 7.28. The molecule has 0 bridgehead atoms. The summed E-state index contributed by atoms with van der Waals surface area (Å²) in [6, 6.07) is 27.3. The second kappa shape index (κ2) is 12.8. The van der Waals surface area contributed by atoms with Crippen LogP contribution in [-0.2, 0) is 16.6 Å². The van der Waals surface area contributed by atoms with Gasteiger partial charge in [0.2, 0.25) is 0 Å². The summed E-state index contributed by atoms with van der Waals surface area (Å²) in [6.45, 7) is 5.78. The fraction of sp³-hybridized carbons (Fsp3) is 0.161. The number of sulfonamides is 1. The number of ether oxygens (including phenoxy) is 1. The number of halogens is 1. The van der Waals surface area contributed by atoms with Crippen molar-refractivity contribution in [3.8, 4) is 5.75 Å². The summed E-state index contributed by atoms with van der Waals surface area (Å²) >= 11 is 6.05. The highest BCUT2D eigenvalue weighted by atomic mass is 35.5. The highest BCUT2D eigenvalue weighted by molar-refractivity contribution is 7.92. The first-order chi connectivity index (χ1) is 19.1. The van der Waals surface area contributed by atoms with E-state index in [-0.39, 0.29) is 28.8 Å². The van der Waals surface area contributed by atoms with E-state index in [1.165, 1.54) is 10.5 Å². The second-order valence-corrected chi connectivity index (χ2v) is 11.7. The van der Waals surface area contributed by atoms with Crippen molar-refractivity contribution >= 4 is 39.4 Å². The third-order valence-corrected chi connectivity index (χ3v) is 7.92. The lowest BCUT2D eigenvalue weighted by molar-refractivity contribution is 0.0955. The minimum absolute atomic E-state index is 0.00820. The fourth-order valence-electron chi connectivity index (χ4n) is 3.91. The molecule has 0 aliphatic rings. The van der Waals surface area contributed by atoms with Crippen molar-refractivity contribution in [3.63, 3.8) is 0 Å². The van der Waals surface area contributed by atoms with Gasteiger partial charge in [0.25, 0.3) is 15.9 Å². The lowest BCUT2D eigenvalue weighted by Gasteiger charge is -2.26. The monoisotopic (exact) mass is 575 g/mol. The van der Waals surface area contributed by atoms with Crippen LogP contribution in [0, 0.1) is 6.92 Å². The number of rotatable bonds is 10. The Balaban J connectivity index is 1.64. The zero-order chi connectivity index (χ0) is 28.7. The number of benzene rings is 4. The Morgan fingerprint density at radius 2 is 1.60 bits per heavy atom. The molecule has 4 aromatic rings. The third-order valence-electron chi connectivity index (χ3n) is 5.90. The summed E-state index contributed by atoms with van der Waals surface area (Å²) in [7, 11) is -4.04. The lowest BCUT2D eigenvalue weighted by atomic mass is 10.1. The molecule has 0 spiro atoms. The normalized spacial score (nSPS) is 11.5. The molecule has 1 N–H and O–H groups in total. The molecule has 206 valence electrons. The summed E-state index contributed by atoms with van der Waals surface area (Å²) < 4.78 is 34.7. The number of amides is 1. The SMILES string of the molecule is Cc1ccc(S(=O)(=O)N(Cc2ccc(Cl)cc2)c2ccccc2C(=O)N/N=C/c2ccc(OC(C)C)cc2)cc1. The van der Waals surface area contributed by atoms with Gasteiger partial charge >= 0.3 is 0 Å². The van der Waals surface area contributed by atoms with Crippen molar-refractivity contribution in [2.24, 2.45) is 5.10 Å². The van der Waals surface area contributed by atoms with Crippen molar-refractivity contribution in [2.75, 3.05) is 4.31 Å². The van der Waals surface area contributed by atoms with E-state index in [9.17, 15) is 13.2 Å². The fourth-order valence-corrected chi connectivity index (χ4v) is 5.50. The van der Waals surface area contributed by atoms with Crippen LogP contribution in [0.1, 0.15) is 40.9 Å². The molecule has 4 rings (SSSR count). The predicted octanol–water partition coefficient (Wildman–Crippen LogP) is 6.60. The maximum atomic E-state index is 13.9. The molecule has 0 unspecified atom stereocenters. The second-order valence-electron chi connectivity index (χ2n) is 9.40. The van der Waals surface area contributed by atoms with E-state index in [0.29, 0.717) is 10.6 Å². The number of carbonyl (C=O) groups is 1. The average molecular weight is 576 g/mol. The standard InChI is InChI=1S/C31H30ClN3O4S/c1-22(2)39-27-16-12-24(13-17-27)20-33-34-31(36)29-6-4-5-7-30(29)35(21-25-10-14-26(32)15-11-25)40(37,38)28-18-8-23(3)9-19-28/h4-20,22H,21H2,1-3H3,(H,34,36)/b33-20+. The highest BCUT2D eigenvalue weighted by Crippen LogP contribution is 2.30. The van der Waals surface area contributed by atoms with Gasteiger partial charge in [-0.1, -0.05) is 53.6 Å². The van der Waals surface area contributed by atoms with Crippen molar-refractivity contribution in [2.45, 2.75) is 38.3 Å². The van der Waals surface area contributed by atoms with Gasteiger partial charge in [-0.05, 0) is 92.6 Å². The van der Waals surface area contributed by atoms with Gasteiger partial charge in [-0.3, -0.25) is 9.10 Å². The molecule has 9 heteroatoms. The molecule has 7 nitrogen and oxygen atoms in total. The number of hydrazone groups is 1. The van der Waals surface area contributed by atoms with Crippen LogP contribution in [0.4, 0.5) is 5.69 Å². The van der Waals surface area contributed by atoms with Gasteiger partial charge < -0.3 is 4.74 Å². The van der Waals surface area contributed by atoms with Crippen molar-refractivity contribution in [1.82, 2.24) is 5.43 Å². The average Bonchev–Trinajstić information content (AvgIpc) is 2.93. The molecule has 0 aliphatic heterocycles. The van der Waals surface area contributed by atoms with Crippen molar-refractivity contribution in [3.05, 3.63) is 124 Å². The quantitative estimate of drug-likeness (QED) is 0.170. The molecule has 0 aromatic heterocycles. The molecule has 0 radical (unpaired) electrons. The van der Waals surface area contributed by atoms with E-state index in [4.69, 9.17) is 16.3 Å². The summed E-state index contributed by atoms with van der Waals surface area (Å²) in [6.07, 6.45) is 1.57. The molecular weight excluding hydrogens is 546 g/mol. The Hall–Kier alpha value is -4.14. The number of hydrogen-bond donors (Lipinski definition) is 1. The molecule has 4 aromatic carbocycles. The zero-order valence-corrected chi connectivity index (χ0v) is 24.0. The Morgan fingerprint density at radius 1 is 0.950 bits per heavy atom. The van der Waals surface area contributed by atoms with Gasteiger partial charge in [0.15, 0.2) is 0 Å². The van der Waals surface area contributed by atoms with Crippen molar-refractivity contribution < 1.29 is 17.9 Å². The van der Waals surface area contributed by atoms with Crippen LogP contribution in [-0.4, -0.2) is 26.6 Å². The molecule has 0 saturated heterocycles. The van der Waals surface area contributed by atoms with E-state index in [1.807, 2.05) is 45.0 Å². The Morgan fingerprint density at radius 3 is 2.25 bits per heavy atom. The lowest BCUT2D eigenvalue weighted by Crippen LogP contribution is -2.33. The zero-order valence-electron chi connectivity index (χ0n) is 22.4. The molecular formula is C31H30ClN3O4S. The van der Waals surface area contributed by atoms with E-state index >= 15 is 0 Å². The molecule has 0 heterocycles. The smallest absolute Gasteiger partial charge is 0.273 e. The summed E-state index contributed by atoms with van der Waals surface area (Å²) in [5, 5.41) is 4.62. The van der Waals surface area contributed by atoms with Gasteiger partial charge in [-0.25, -0.2) is 13.8 Å². The van der Waals surface area contributed by atoms with Crippen LogP contribution < -0.4 is 14.5 Å². The minimum atomic E-state index is -4.04. The number of nitrogens with one attached hydrogen (secondary N) is 1. The minimum Gasteiger partial charge on any atom is -0.491 e. The summed E-state index contributed by atoms with van der Waals surface area (Å²) in [4.78, 5) is 13.4. The van der Waals surface area contributed by atoms with E-state index in [2.05, 4.69) is 10.5 Å². The Kier molecular flexibility index (Phi) is 9.24. The van der Waals surface area contributed by atoms with Gasteiger partial charge in [0, 0.05) is 5.02 Å². The van der Waals surface area contributed by atoms with E-state index < -0.39 is 15.9 Å². The van der Waals surface area contributed by atoms with Crippen LogP contribution in [0.25, 0.3) is 0 Å². The topological polar surface area (TPSA) is 88.1 Å². The first kappa shape index (κ1) is 28.9. The van der Waals surface area contributed by atoms with Crippen LogP contribution in [0.5, 0.6) is 5.75 Å². The van der Waals surface area contributed by atoms with Crippen LogP contribution in [0.15, 0.2) is 107 Å². The van der Waals surface area contributed by atoms with E-state index in [1.54, 1.807) is 72.8 Å². The number of para-hydroxylation sites is 1. The Labute approximate surface area is 240 Å². The predicted molar refractivity (Wildman–Crippen MR) is 160 cm³/mol. The van der Waals surface area contributed by atoms with Crippen LogP contribution >= 0.6 is 11.6 Å². The maximum absolute atomic E-state index is 13.9. The number of aryl methyl sites for hydroxylation is 1. The molecule has 0 saturated carbocycles. The van der Waals surface area contributed by atoms with Gasteiger partial charge in [0.05, 0.1) is 35.0 Å². The van der Waals surface area contributed by atoms with Gasteiger partial charge in [-0.15, -0.1) is 0 Å². The molecule has 0 atom stereocenters. The summed E-state index contributed by atoms with van der Waals surface area (Å²) in [5.41, 5.74) is 5.30. The summed E-state index contributed by atoms with van der Waals surface area (Å²) in [5.74, 6) is 0.188. The van der Waals surface area contributed by atoms with Gasteiger partial charge in [-0.2, -0.15) is 5.10 Å². The number of hydrogen-bond acceptors (Lipinski definition) is 5. The van der Waals surface area contributed by atoms with Crippen LogP contribution in [0.3, 0.4) is 0 Å². The van der Waals surface area contributed by atoms with Gasteiger partial charge in [0.1, 0.15) is 5.75 Å². The number of carbonyl (C=O) groups excluding carboxylic acids is 1. The number of anilines is 1. The first-order valence-electron chi connectivity index (χ1n) is 12.7. The molecule has 0 aliphatic carbocycles. The van der Waals surface area contributed by atoms with E-state index in [0.717, 1.165) is 16.9 Å². The van der Waals surface area contributed by atoms with Crippen molar-refractivity contribution in [1.29, 1.82) is 0 Å². The largest absolute Gasteiger partial charge is 0.491 e. The molecule has 1 amide bonds. The maximum Gasteiger partial charge on any atom is 0.273 e. The first-order valence-corrected chi connectivity index (χ1v) is 14.5. The molecule has 0 fully saturated rings. The van der Waals surface area contributed by atoms with Crippen LogP contribution in [0.2, 0.25) is 5.02 Å². The molecule has 40 heavy (non-hydrogen) atoms.